The number of hydrogen-bond donors (Lipinski definition) is 2. The van der Waals surface area contributed by atoms with Crippen LogP contribution in [0, 0.1) is 5.92 Å². The summed E-state index contributed by atoms with van der Waals surface area (Å²) in [6.45, 7) is 4.92. The SMILES string of the molecule is CCC(CC)CNC(=O)c1ncccc1N. The minimum Gasteiger partial charge on any atom is -0.397 e. The Kier molecular flexibility index (Phi) is 4.76. The van der Waals surface area contributed by atoms with Gasteiger partial charge in [-0.1, -0.05) is 26.7 Å². The van der Waals surface area contributed by atoms with E-state index in [0.29, 0.717) is 23.8 Å². The number of pyridine rings is 1. The monoisotopic (exact) mass is 221 g/mol. The van der Waals surface area contributed by atoms with Gasteiger partial charge < -0.3 is 11.1 Å². The average Bonchev–Trinajstić information content (AvgIpc) is 2.30. The van der Waals surface area contributed by atoms with E-state index in [1.54, 1.807) is 18.3 Å². The number of aromatic nitrogens is 1. The summed E-state index contributed by atoms with van der Waals surface area (Å²) in [5, 5.41) is 2.86. The molecule has 0 unspecified atom stereocenters. The van der Waals surface area contributed by atoms with Crippen LogP contribution in [0.5, 0.6) is 0 Å². The third-order valence-electron chi connectivity index (χ3n) is 2.76. The van der Waals surface area contributed by atoms with Gasteiger partial charge in [-0.15, -0.1) is 0 Å². The lowest BCUT2D eigenvalue weighted by atomic mass is 10.0. The van der Waals surface area contributed by atoms with Gasteiger partial charge in [0.2, 0.25) is 0 Å². The Balaban J connectivity index is 2.56. The molecule has 0 saturated heterocycles. The number of hydrogen-bond acceptors (Lipinski definition) is 3. The Hall–Kier alpha value is -1.58. The second-order valence-corrected chi connectivity index (χ2v) is 3.83. The molecule has 4 nitrogen and oxygen atoms in total. The van der Waals surface area contributed by atoms with E-state index < -0.39 is 0 Å². The molecular weight excluding hydrogens is 202 g/mol. The maximum Gasteiger partial charge on any atom is 0.272 e. The van der Waals surface area contributed by atoms with E-state index in [1.165, 1.54) is 0 Å². The molecule has 1 rings (SSSR count). The standard InChI is InChI=1S/C12H19N3O/c1-3-9(4-2)8-15-12(16)11-10(13)6-5-7-14-11/h5-7,9H,3-4,8,13H2,1-2H3,(H,15,16). The molecule has 0 fully saturated rings. The number of rotatable bonds is 5. The van der Waals surface area contributed by atoms with E-state index in [4.69, 9.17) is 5.73 Å². The molecule has 0 spiro atoms. The molecule has 3 N–H and O–H groups in total. The van der Waals surface area contributed by atoms with Gasteiger partial charge in [-0.2, -0.15) is 0 Å². The van der Waals surface area contributed by atoms with Crippen LogP contribution in [0.4, 0.5) is 5.69 Å². The van der Waals surface area contributed by atoms with Crippen molar-refractivity contribution in [1.29, 1.82) is 0 Å². The summed E-state index contributed by atoms with van der Waals surface area (Å²) < 4.78 is 0. The quantitative estimate of drug-likeness (QED) is 0.797. The first-order valence-electron chi connectivity index (χ1n) is 5.67. The van der Waals surface area contributed by atoms with Crippen LogP contribution >= 0.6 is 0 Å². The third kappa shape index (κ3) is 3.22. The molecule has 0 aliphatic heterocycles. The van der Waals surface area contributed by atoms with Crippen molar-refractivity contribution in [2.24, 2.45) is 5.92 Å². The second-order valence-electron chi connectivity index (χ2n) is 3.83. The smallest absolute Gasteiger partial charge is 0.272 e. The Bertz CT molecular complexity index is 348. The van der Waals surface area contributed by atoms with Gasteiger partial charge in [0.15, 0.2) is 5.69 Å². The summed E-state index contributed by atoms with van der Waals surface area (Å²) in [5.41, 5.74) is 6.40. The number of amides is 1. The average molecular weight is 221 g/mol. The molecule has 1 aromatic rings. The number of nitrogens with one attached hydrogen (secondary N) is 1. The van der Waals surface area contributed by atoms with Crippen LogP contribution in [0.1, 0.15) is 37.2 Å². The zero-order chi connectivity index (χ0) is 12.0. The lowest BCUT2D eigenvalue weighted by molar-refractivity contribution is 0.0942. The summed E-state index contributed by atoms with van der Waals surface area (Å²) in [6, 6.07) is 3.39. The lowest BCUT2D eigenvalue weighted by Gasteiger charge is -2.13. The van der Waals surface area contributed by atoms with Crippen LogP contribution in [0.15, 0.2) is 18.3 Å². The van der Waals surface area contributed by atoms with Gasteiger partial charge in [-0.25, -0.2) is 4.98 Å². The minimum atomic E-state index is -0.190. The fourth-order valence-electron chi connectivity index (χ4n) is 1.51. The van der Waals surface area contributed by atoms with Crippen LogP contribution < -0.4 is 11.1 Å². The molecule has 1 amide bonds. The summed E-state index contributed by atoms with van der Waals surface area (Å²) in [5.74, 6) is 0.332. The van der Waals surface area contributed by atoms with Gasteiger partial charge in [0.25, 0.3) is 5.91 Å². The van der Waals surface area contributed by atoms with Crippen LogP contribution in [-0.4, -0.2) is 17.4 Å². The molecule has 0 aliphatic carbocycles. The zero-order valence-corrected chi connectivity index (χ0v) is 9.86. The minimum absolute atomic E-state index is 0.190. The summed E-state index contributed by atoms with van der Waals surface area (Å²) in [7, 11) is 0. The fourth-order valence-corrected chi connectivity index (χ4v) is 1.51. The first-order chi connectivity index (χ1) is 7.69. The molecule has 0 atom stereocenters. The summed E-state index contributed by atoms with van der Waals surface area (Å²) in [4.78, 5) is 15.7. The van der Waals surface area contributed by atoms with Crippen molar-refractivity contribution in [1.82, 2.24) is 10.3 Å². The Morgan fingerprint density at radius 2 is 2.19 bits per heavy atom. The summed E-state index contributed by atoms with van der Waals surface area (Å²) in [6.07, 6.45) is 3.70. The Morgan fingerprint density at radius 1 is 1.50 bits per heavy atom. The van der Waals surface area contributed by atoms with Crippen LogP contribution in [0.25, 0.3) is 0 Å². The highest BCUT2D eigenvalue weighted by atomic mass is 16.1. The van der Waals surface area contributed by atoms with Crippen molar-refractivity contribution >= 4 is 11.6 Å². The Labute approximate surface area is 96.3 Å². The lowest BCUT2D eigenvalue weighted by Crippen LogP contribution is -2.30. The maximum absolute atomic E-state index is 11.7. The van der Waals surface area contributed by atoms with E-state index in [1.807, 2.05) is 0 Å². The topological polar surface area (TPSA) is 68.0 Å². The Morgan fingerprint density at radius 3 is 2.75 bits per heavy atom. The highest BCUT2D eigenvalue weighted by Crippen LogP contribution is 2.08. The van der Waals surface area contributed by atoms with E-state index in [-0.39, 0.29) is 5.91 Å². The second kappa shape index (κ2) is 6.10. The van der Waals surface area contributed by atoms with Gasteiger partial charge in [-0.05, 0) is 18.1 Å². The van der Waals surface area contributed by atoms with Gasteiger partial charge in [0, 0.05) is 12.7 Å². The highest BCUT2D eigenvalue weighted by molar-refractivity contribution is 5.96. The molecule has 0 radical (unpaired) electrons. The number of nitrogens with two attached hydrogens (primary N) is 1. The predicted octanol–water partition coefficient (Wildman–Crippen LogP) is 1.83. The molecule has 16 heavy (non-hydrogen) atoms. The van der Waals surface area contributed by atoms with Crippen molar-refractivity contribution in [3.8, 4) is 0 Å². The number of anilines is 1. The molecule has 0 saturated carbocycles. The molecule has 0 bridgehead atoms. The van der Waals surface area contributed by atoms with Gasteiger partial charge in [0.05, 0.1) is 5.69 Å². The van der Waals surface area contributed by atoms with Crippen LogP contribution in [0.2, 0.25) is 0 Å². The zero-order valence-electron chi connectivity index (χ0n) is 9.86. The fraction of sp³-hybridized carbons (Fsp3) is 0.500. The van der Waals surface area contributed by atoms with Gasteiger partial charge in [-0.3, -0.25) is 4.79 Å². The van der Waals surface area contributed by atoms with Gasteiger partial charge >= 0.3 is 0 Å². The molecule has 0 aliphatic rings. The predicted molar refractivity (Wildman–Crippen MR) is 65.1 cm³/mol. The molecular formula is C12H19N3O. The first-order valence-corrected chi connectivity index (χ1v) is 5.67. The third-order valence-corrected chi connectivity index (χ3v) is 2.76. The number of carbonyl (C=O) groups excluding carboxylic acids is 1. The molecule has 1 aromatic heterocycles. The highest BCUT2D eigenvalue weighted by Gasteiger charge is 2.11. The van der Waals surface area contributed by atoms with Crippen molar-refractivity contribution in [3.63, 3.8) is 0 Å². The summed E-state index contributed by atoms with van der Waals surface area (Å²) >= 11 is 0. The van der Waals surface area contributed by atoms with Crippen molar-refractivity contribution < 1.29 is 4.79 Å². The largest absolute Gasteiger partial charge is 0.397 e. The van der Waals surface area contributed by atoms with E-state index in [9.17, 15) is 4.79 Å². The van der Waals surface area contributed by atoms with Gasteiger partial charge in [0.1, 0.15) is 0 Å². The maximum atomic E-state index is 11.7. The van der Waals surface area contributed by atoms with E-state index >= 15 is 0 Å². The normalized spacial score (nSPS) is 10.4. The molecule has 1 heterocycles. The number of carbonyl (C=O) groups is 1. The molecule has 0 aromatic carbocycles. The van der Waals surface area contributed by atoms with Crippen LogP contribution in [-0.2, 0) is 0 Å². The first kappa shape index (κ1) is 12.5. The molecule has 88 valence electrons. The molecule has 4 heteroatoms. The van der Waals surface area contributed by atoms with E-state index in [0.717, 1.165) is 12.8 Å². The number of nitrogens with zero attached hydrogens (tertiary/aromatic N) is 1. The van der Waals surface area contributed by atoms with Crippen molar-refractivity contribution in [3.05, 3.63) is 24.0 Å². The van der Waals surface area contributed by atoms with E-state index in [2.05, 4.69) is 24.1 Å². The van der Waals surface area contributed by atoms with Crippen LogP contribution in [0.3, 0.4) is 0 Å². The number of nitrogen functional groups attached to an aromatic ring is 1. The van der Waals surface area contributed by atoms with Crippen molar-refractivity contribution in [2.45, 2.75) is 26.7 Å². The van der Waals surface area contributed by atoms with Crippen molar-refractivity contribution in [2.75, 3.05) is 12.3 Å².